The molecule has 0 unspecified atom stereocenters. The first-order valence-electron chi connectivity index (χ1n) is 5.08. The van der Waals surface area contributed by atoms with Crippen LogP contribution in [0.4, 0.5) is 0 Å². The molecule has 94 valence electrons. The predicted octanol–water partition coefficient (Wildman–Crippen LogP) is -2.64. The highest BCUT2D eigenvalue weighted by Gasteiger charge is 2.35. The Balaban J connectivity index is 2.34. The van der Waals surface area contributed by atoms with Gasteiger partial charge in [0.15, 0.2) is 0 Å². The summed E-state index contributed by atoms with van der Waals surface area (Å²) in [6.07, 6.45) is -0.903. The summed E-state index contributed by atoms with van der Waals surface area (Å²) >= 11 is 0. The topological polar surface area (TPSA) is 120 Å². The van der Waals surface area contributed by atoms with E-state index in [2.05, 4.69) is 0 Å². The molecular formula is C9H13N3O5. The molecule has 1 aromatic rings. The number of aliphatic hydroxyl groups excluding tert-OH is 2. The molecule has 4 N–H and O–H groups in total. The normalized spacial score (nSPS) is 28.5. The molecule has 0 amide bonds. The van der Waals surface area contributed by atoms with E-state index in [1.807, 2.05) is 0 Å². The van der Waals surface area contributed by atoms with Crippen LogP contribution in [0.2, 0.25) is 0 Å². The molecule has 0 spiro atoms. The second-order valence-electron chi connectivity index (χ2n) is 3.83. The van der Waals surface area contributed by atoms with Gasteiger partial charge in [0.1, 0.15) is 12.3 Å². The van der Waals surface area contributed by atoms with Gasteiger partial charge in [-0.3, -0.25) is 9.36 Å². The fourth-order valence-electron chi connectivity index (χ4n) is 1.78. The van der Waals surface area contributed by atoms with E-state index in [4.69, 9.17) is 15.7 Å². The quantitative estimate of drug-likeness (QED) is 0.488. The van der Waals surface area contributed by atoms with Crippen molar-refractivity contribution in [3.8, 4) is 0 Å². The number of ether oxygens (including phenoxy) is 1. The van der Waals surface area contributed by atoms with Crippen molar-refractivity contribution in [2.24, 2.45) is 0 Å². The zero-order chi connectivity index (χ0) is 12.6. The van der Waals surface area contributed by atoms with Gasteiger partial charge >= 0.3 is 5.69 Å². The van der Waals surface area contributed by atoms with E-state index in [0.717, 1.165) is 10.6 Å². The molecule has 0 radical (unpaired) electrons. The van der Waals surface area contributed by atoms with Crippen molar-refractivity contribution >= 4 is 0 Å². The summed E-state index contributed by atoms with van der Waals surface area (Å²) < 4.78 is 6.85. The van der Waals surface area contributed by atoms with Crippen LogP contribution in [0.3, 0.4) is 0 Å². The maximum absolute atomic E-state index is 11.7. The van der Waals surface area contributed by atoms with Gasteiger partial charge < -0.3 is 20.8 Å². The lowest BCUT2D eigenvalue weighted by Crippen LogP contribution is -2.44. The van der Waals surface area contributed by atoms with Crippen molar-refractivity contribution in [2.75, 3.05) is 12.4 Å². The summed E-state index contributed by atoms with van der Waals surface area (Å²) in [5.41, 5.74) is -1.35. The molecule has 0 aromatic carbocycles. The molecule has 1 fully saturated rings. The molecule has 2 heterocycles. The first kappa shape index (κ1) is 11.8. The minimum Gasteiger partial charge on any atom is -0.394 e. The van der Waals surface area contributed by atoms with Crippen LogP contribution in [0.1, 0.15) is 12.6 Å². The maximum Gasteiger partial charge on any atom is 0.351 e. The fourth-order valence-corrected chi connectivity index (χ4v) is 1.78. The third-order valence-corrected chi connectivity index (χ3v) is 2.74. The third kappa shape index (κ3) is 1.97. The number of rotatable bonds is 2. The summed E-state index contributed by atoms with van der Waals surface area (Å²) in [6, 6.07) is 1.13. The second kappa shape index (κ2) is 4.32. The molecule has 0 aliphatic carbocycles. The van der Waals surface area contributed by atoms with Crippen molar-refractivity contribution < 1.29 is 14.9 Å². The molecule has 1 aromatic heterocycles. The van der Waals surface area contributed by atoms with Gasteiger partial charge in [0, 0.05) is 18.7 Å². The Labute approximate surface area is 95.4 Å². The molecular weight excluding hydrogens is 230 g/mol. The average Bonchev–Trinajstić information content (AvgIpc) is 2.67. The highest BCUT2D eigenvalue weighted by molar-refractivity contribution is 4.90. The van der Waals surface area contributed by atoms with Gasteiger partial charge in [-0.25, -0.2) is 4.79 Å². The van der Waals surface area contributed by atoms with Crippen molar-refractivity contribution in [1.29, 1.82) is 0 Å². The van der Waals surface area contributed by atoms with Gasteiger partial charge in [-0.1, -0.05) is 0 Å². The van der Waals surface area contributed by atoms with Crippen LogP contribution in [-0.4, -0.2) is 38.3 Å². The summed E-state index contributed by atoms with van der Waals surface area (Å²) in [5.74, 6) is 5.26. The van der Waals surface area contributed by atoms with E-state index in [0.29, 0.717) is 4.68 Å². The Hall–Kier alpha value is -1.64. The summed E-state index contributed by atoms with van der Waals surface area (Å²) in [4.78, 5) is 22.7. The second-order valence-corrected chi connectivity index (χ2v) is 3.83. The number of hydrogen-bond acceptors (Lipinski definition) is 6. The van der Waals surface area contributed by atoms with E-state index in [9.17, 15) is 14.7 Å². The monoisotopic (exact) mass is 243 g/mol. The predicted molar refractivity (Wildman–Crippen MR) is 56.7 cm³/mol. The Morgan fingerprint density at radius 3 is 2.82 bits per heavy atom. The van der Waals surface area contributed by atoms with Crippen molar-refractivity contribution in [2.45, 2.75) is 24.9 Å². The molecule has 8 nitrogen and oxygen atoms in total. The number of nitrogens with zero attached hydrogens (tertiary/aromatic N) is 2. The van der Waals surface area contributed by atoms with Gasteiger partial charge in [-0.2, -0.15) is 4.68 Å². The molecule has 1 aliphatic heterocycles. The van der Waals surface area contributed by atoms with Crippen LogP contribution >= 0.6 is 0 Å². The van der Waals surface area contributed by atoms with E-state index in [-0.39, 0.29) is 13.0 Å². The third-order valence-electron chi connectivity index (χ3n) is 2.74. The lowest BCUT2D eigenvalue weighted by atomic mass is 10.2. The van der Waals surface area contributed by atoms with Gasteiger partial charge in [0.25, 0.3) is 5.56 Å². The summed E-state index contributed by atoms with van der Waals surface area (Å²) in [5, 5.41) is 18.5. The molecule has 1 aliphatic rings. The van der Waals surface area contributed by atoms with Crippen molar-refractivity contribution in [1.82, 2.24) is 9.24 Å². The lowest BCUT2D eigenvalue weighted by Gasteiger charge is -2.14. The Morgan fingerprint density at radius 1 is 1.53 bits per heavy atom. The number of aromatic nitrogens is 2. The van der Waals surface area contributed by atoms with Gasteiger partial charge in [-0.05, 0) is 0 Å². The SMILES string of the molecule is Nn1c(=O)ccn([C@H]2C[C@H](O)[C@@H](CO)O2)c1=O. The molecule has 1 saturated heterocycles. The van der Waals surface area contributed by atoms with Crippen molar-refractivity contribution in [3.63, 3.8) is 0 Å². The zero-order valence-corrected chi connectivity index (χ0v) is 8.89. The molecule has 3 atom stereocenters. The zero-order valence-electron chi connectivity index (χ0n) is 8.89. The average molecular weight is 243 g/mol. The molecule has 0 bridgehead atoms. The van der Waals surface area contributed by atoms with Crippen molar-refractivity contribution in [3.05, 3.63) is 33.1 Å². The number of nitrogen functional groups attached to an aromatic ring is 1. The number of nitrogens with two attached hydrogens (primary N) is 1. The Kier molecular flexibility index (Phi) is 3.01. The Bertz CT molecular complexity index is 522. The van der Waals surface area contributed by atoms with Crippen LogP contribution < -0.4 is 17.1 Å². The highest BCUT2D eigenvalue weighted by atomic mass is 16.5. The molecule has 2 rings (SSSR count). The molecule has 17 heavy (non-hydrogen) atoms. The minimum atomic E-state index is -0.852. The van der Waals surface area contributed by atoms with Crippen LogP contribution in [0.5, 0.6) is 0 Å². The molecule has 0 saturated carbocycles. The highest BCUT2D eigenvalue weighted by Crippen LogP contribution is 2.26. The van der Waals surface area contributed by atoms with Crippen LogP contribution in [0.25, 0.3) is 0 Å². The van der Waals surface area contributed by atoms with Gasteiger partial charge in [-0.15, -0.1) is 0 Å². The first-order valence-corrected chi connectivity index (χ1v) is 5.08. The van der Waals surface area contributed by atoms with Crippen LogP contribution in [0.15, 0.2) is 21.9 Å². The number of aliphatic hydroxyl groups is 2. The summed E-state index contributed by atoms with van der Waals surface area (Å²) in [7, 11) is 0. The van der Waals surface area contributed by atoms with Gasteiger partial charge in [0.2, 0.25) is 0 Å². The Morgan fingerprint density at radius 2 is 2.24 bits per heavy atom. The van der Waals surface area contributed by atoms with Crippen LogP contribution in [-0.2, 0) is 4.74 Å². The lowest BCUT2D eigenvalue weighted by molar-refractivity contribution is -0.0461. The van der Waals surface area contributed by atoms with E-state index >= 15 is 0 Å². The molecule has 8 heteroatoms. The van der Waals surface area contributed by atoms with Gasteiger partial charge in [0.05, 0.1) is 12.7 Å². The largest absolute Gasteiger partial charge is 0.394 e. The maximum atomic E-state index is 11.7. The summed E-state index contributed by atoms with van der Waals surface area (Å²) in [6.45, 7) is -0.339. The first-order chi connectivity index (χ1) is 8.04. The van der Waals surface area contributed by atoms with E-state index in [1.165, 1.54) is 6.20 Å². The smallest absolute Gasteiger partial charge is 0.351 e. The van der Waals surface area contributed by atoms with E-state index < -0.39 is 29.7 Å². The minimum absolute atomic E-state index is 0.156. The number of hydrogen-bond donors (Lipinski definition) is 3. The standard InChI is InChI=1S/C9H13N3O5/c10-12-7(15)1-2-11(9(12)16)8-3-5(14)6(4-13)17-8/h1-2,5-6,8,13-14H,3-4,10H2/t5-,6+,8+/m0/s1. The van der Waals surface area contributed by atoms with E-state index in [1.54, 1.807) is 0 Å². The van der Waals surface area contributed by atoms with Crippen LogP contribution in [0, 0.1) is 0 Å². The fraction of sp³-hybridized carbons (Fsp3) is 0.556.